The molecule has 0 radical (unpaired) electrons. The highest BCUT2D eigenvalue weighted by molar-refractivity contribution is 5.93. The number of carbonyl (C=O) groups excluding carboxylic acids is 1. The van der Waals surface area contributed by atoms with E-state index >= 15 is 0 Å². The second-order valence-corrected chi connectivity index (χ2v) is 2.77. The van der Waals surface area contributed by atoms with Gasteiger partial charge in [-0.3, -0.25) is 4.79 Å². The van der Waals surface area contributed by atoms with Crippen molar-refractivity contribution in [2.24, 2.45) is 5.73 Å². The zero-order valence-electron chi connectivity index (χ0n) is 7.71. The van der Waals surface area contributed by atoms with Crippen molar-refractivity contribution in [2.45, 2.75) is 6.36 Å². The number of rotatable bonds is 2. The number of ether oxygens (including phenoxy) is 1. The van der Waals surface area contributed by atoms with E-state index in [1.54, 1.807) is 6.07 Å². The molecular formula is C9H5F3N2O2. The molecule has 7 heteroatoms. The number of amides is 1. The van der Waals surface area contributed by atoms with Crippen molar-refractivity contribution in [3.63, 3.8) is 0 Å². The summed E-state index contributed by atoms with van der Waals surface area (Å²) in [7, 11) is 0. The van der Waals surface area contributed by atoms with Gasteiger partial charge in [0, 0.05) is 5.56 Å². The highest BCUT2D eigenvalue weighted by atomic mass is 19.4. The first kappa shape index (κ1) is 11.8. The van der Waals surface area contributed by atoms with Gasteiger partial charge in [-0.05, 0) is 18.2 Å². The molecule has 1 rings (SSSR count). The molecule has 84 valence electrons. The van der Waals surface area contributed by atoms with Crippen LogP contribution in [0.25, 0.3) is 0 Å². The Morgan fingerprint density at radius 3 is 2.44 bits per heavy atom. The topological polar surface area (TPSA) is 76.1 Å². The summed E-state index contributed by atoms with van der Waals surface area (Å²) in [4.78, 5) is 10.8. The van der Waals surface area contributed by atoms with Crippen molar-refractivity contribution in [1.82, 2.24) is 0 Å². The number of primary amides is 1. The Hall–Kier alpha value is -2.23. The number of benzene rings is 1. The zero-order chi connectivity index (χ0) is 12.3. The average molecular weight is 230 g/mol. The lowest BCUT2D eigenvalue weighted by Crippen LogP contribution is -2.18. The van der Waals surface area contributed by atoms with E-state index in [0.29, 0.717) is 0 Å². The van der Waals surface area contributed by atoms with E-state index in [9.17, 15) is 18.0 Å². The Morgan fingerprint density at radius 2 is 2.00 bits per heavy atom. The molecule has 0 aliphatic carbocycles. The van der Waals surface area contributed by atoms with Crippen molar-refractivity contribution in [3.05, 3.63) is 29.3 Å². The van der Waals surface area contributed by atoms with Gasteiger partial charge in [-0.2, -0.15) is 5.26 Å². The van der Waals surface area contributed by atoms with Crippen LogP contribution >= 0.6 is 0 Å². The van der Waals surface area contributed by atoms with Crippen LogP contribution in [0.4, 0.5) is 13.2 Å². The number of halogens is 3. The van der Waals surface area contributed by atoms with Crippen LogP contribution in [-0.2, 0) is 0 Å². The van der Waals surface area contributed by atoms with Crippen LogP contribution in [0.15, 0.2) is 18.2 Å². The first-order valence-corrected chi connectivity index (χ1v) is 3.92. The van der Waals surface area contributed by atoms with Crippen molar-refractivity contribution in [3.8, 4) is 11.8 Å². The summed E-state index contributed by atoms with van der Waals surface area (Å²) in [5.41, 5.74) is 4.52. The minimum atomic E-state index is -4.89. The SMILES string of the molecule is N#Cc1cc(OC(F)(F)F)cc(C(N)=O)c1. The summed E-state index contributed by atoms with van der Waals surface area (Å²) in [6, 6.07) is 4.35. The van der Waals surface area contributed by atoms with Crippen molar-refractivity contribution < 1.29 is 22.7 Å². The highest BCUT2D eigenvalue weighted by Crippen LogP contribution is 2.24. The van der Waals surface area contributed by atoms with E-state index in [0.717, 1.165) is 18.2 Å². The molecule has 1 aromatic rings. The fourth-order valence-electron chi connectivity index (χ4n) is 0.998. The predicted molar refractivity (Wildman–Crippen MR) is 46.4 cm³/mol. The van der Waals surface area contributed by atoms with Crippen LogP contribution in [0.1, 0.15) is 15.9 Å². The third-order valence-electron chi connectivity index (χ3n) is 1.55. The number of alkyl halides is 3. The van der Waals surface area contributed by atoms with E-state index in [1.807, 2.05) is 0 Å². The highest BCUT2D eigenvalue weighted by Gasteiger charge is 2.31. The van der Waals surface area contributed by atoms with Crippen LogP contribution in [0.5, 0.6) is 5.75 Å². The molecule has 4 nitrogen and oxygen atoms in total. The molecule has 1 amide bonds. The minimum Gasteiger partial charge on any atom is -0.406 e. The first-order valence-electron chi connectivity index (χ1n) is 3.92. The number of nitrogens with two attached hydrogens (primary N) is 1. The van der Waals surface area contributed by atoms with Gasteiger partial charge >= 0.3 is 6.36 Å². The van der Waals surface area contributed by atoms with E-state index in [4.69, 9.17) is 11.0 Å². The predicted octanol–water partition coefficient (Wildman–Crippen LogP) is 1.56. The Labute approximate surface area is 88.0 Å². The second-order valence-electron chi connectivity index (χ2n) is 2.77. The number of hydrogen-bond acceptors (Lipinski definition) is 3. The molecule has 0 aromatic heterocycles. The lowest BCUT2D eigenvalue weighted by Gasteiger charge is -2.09. The van der Waals surface area contributed by atoms with Crippen LogP contribution in [0.3, 0.4) is 0 Å². The standard InChI is InChI=1S/C9H5F3N2O2/c10-9(11,12)16-7-2-5(4-13)1-6(3-7)8(14)15/h1-3H,(H2,14,15). The van der Waals surface area contributed by atoms with Crippen LogP contribution in [0.2, 0.25) is 0 Å². The molecule has 0 saturated heterocycles. The second kappa shape index (κ2) is 4.10. The number of hydrogen-bond donors (Lipinski definition) is 1. The first-order chi connectivity index (χ1) is 7.31. The molecule has 0 spiro atoms. The summed E-state index contributed by atoms with van der Waals surface area (Å²) < 4.78 is 39.2. The van der Waals surface area contributed by atoms with Gasteiger partial charge in [-0.25, -0.2) is 0 Å². The van der Waals surface area contributed by atoms with E-state index in [1.165, 1.54) is 0 Å². The van der Waals surface area contributed by atoms with Gasteiger partial charge in [-0.15, -0.1) is 13.2 Å². The Kier molecular flexibility index (Phi) is 3.04. The van der Waals surface area contributed by atoms with Gasteiger partial charge in [0.2, 0.25) is 5.91 Å². The molecule has 0 atom stereocenters. The largest absolute Gasteiger partial charge is 0.573 e. The normalized spacial score (nSPS) is 10.6. The van der Waals surface area contributed by atoms with Crippen molar-refractivity contribution in [2.75, 3.05) is 0 Å². The molecule has 0 saturated carbocycles. The van der Waals surface area contributed by atoms with Gasteiger partial charge in [0.25, 0.3) is 0 Å². The Balaban J connectivity index is 3.16. The van der Waals surface area contributed by atoms with Crippen LogP contribution < -0.4 is 10.5 Å². The molecule has 0 aliphatic rings. The fraction of sp³-hybridized carbons (Fsp3) is 0.111. The molecule has 0 fully saturated rings. The molecule has 0 unspecified atom stereocenters. The molecule has 0 heterocycles. The van der Waals surface area contributed by atoms with Gasteiger partial charge in [0.1, 0.15) is 5.75 Å². The maximum atomic E-state index is 11.9. The van der Waals surface area contributed by atoms with Gasteiger partial charge in [0.05, 0.1) is 11.6 Å². The molecule has 1 aromatic carbocycles. The number of carbonyl (C=O) groups is 1. The third kappa shape index (κ3) is 3.16. The summed E-state index contributed by atoms with van der Waals surface area (Å²) in [5, 5.41) is 8.53. The summed E-state index contributed by atoms with van der Waals surface area (Å²) in [6.45, 7) is 0. The van der Waals surface area contributed by atoms with Crippen LogP contribution in [-0.4, -0.2) is 12.3 Å². The molecular weight excluding hydrogens is 225 g/mol. The smallest absolute Gasteiger partial charge is 0.406 e. The van der Waals surface area contributed by atoms with Crippen LogP contribution in [0, 0.1) is 11.3 Å². The number of nitrogens with zero attached hydrogens (tertiary/aromatic N) is 1. The minimum absolute atomic E-state index is 0.143. The van der Waals surface area contributed by atoms with Gasteiger partial charge < -0.3 is 10.5 Å². The third-order valence-corrected chi connectivity index (χ3v) is 1.55. The summed E-state index contributed by atoms with van der Waals surface area (Å²) in [5.74, 6) is -1.59. The molecule has 0 bridgehead atoms. The lowest BCUT2D eigenvalue weighted by atomic mass is 10.1. The molecule has 2 N–H and O–H groups in total. The Morgan fingerprint density at radius 1 is 1.38 bits per heavy atom. The van der Waals surface area contributed by atoms with Crippen molar-refractivity contribution >= 4 is 5.91 Å². The monoisotopic (exact) mass is 230 g/mol. The van der Waals surface area contributed by atoms with Gasteiger partial charge in [0.15, 0.2) is 0 Å². The summed E-state index contributed by atoms with van der Waals surface area (Å²) >= 11 is 0. The lowest BCUT2D eigenvalue weighted by molar-refractivity contribution is -0.274. The van der Waals surface area contributed by atoms with E-state index in [2.05, 4.69) is 4.74 Å². The summed E-state index contributed by atoms with van der Waals surface area (Å²) in [6.07, 6.45) is -4.89. The Bertz CT molecular complexity index is 463. The quantitative estimate of drug-likeness (QED) is 0.837. The molecule has 16 heavy (non-hydrogen) atoms. The number of nitriles is 1. The zero-order valence-corrected chi connectivity index (χ0v) is 7.71. The maximum Gasteiger partial charge on any atom is 0.573 e. The molecule has 0 aliphatic heterocycles. The maximum absolute atomic E-state index is 11.9. The van der Waals surface area contributed by atoms with E-state index in [-0.39, 0.29) is 11.1 Å². The average Bonchev–Trinajstić information content (AvgIpc) is 2.14. The van der Waals surface area contributed by atoms with E-state index < -0.39 is 18.0 Å². The van der Waals surface area contributed by atoms with Crippen molar-refractivity contribution in [1.29, 1.82) is 5.26 Å². The fourth-order valence-corrected chi connectivity index (χ4v) is 0.998. The van der Waals surface area contributed by atoms with Gasteiger partial charge in [-0.1, -0.05) is 0 Å².